The minimum Gasteiger partial charge on any atom is -0.0808 e. The van der Waals surface area contributed by atoms with Gasteiger partial charge in [-0.1, -0.05) is 166 Å². The van der Waals surface area contributed by atoms with Crippen molar-refractivity contribution in [1.82, 2.24) is 0 Å². The van der Waals surface area contributed by atoms with Gasteiger partial charge in [-0.05, 0) is 76.3 Å². The van der Waals surface area contributed by atoms with Gasteiger partial charge in [0.2, 0.25) is 0 Å². The summed E-state index contributed by atoms with van der Waals surface area (Å²) in [5.41, 5.74) is 4.56. The molecule has 212 valence electrons. The van der Waals surface area contributed by atoms with Gasteiger partial charge < -0.3 is 0 Å². The largest absolute Gasteiger partial charge is 0.0952 e. The number of fused-ring (bicyclic) bond motifs is 6. The van der Waals surface area contributed by atoms with Crippen LogP contribution in [0.5, 0.6) is 0 Å². The zero-order chi connectivity index (χ0) is 28.4. The quantitative estimate of drug-likeness (QED) is 0.317. The van der Waals surface area contributed by atoms with Gasteiger partial charge in [0.25, 0.3) is 0 Å². The van der Waals surface area contributed by atoms with Crippen molar-refractivity contribution in [3.05, 3.63) is 127 Å². The van der Waals surface area contributed by atoms with Crippen molar-refractivity contribution in [1.29, 1.82) is 0 Å². The maximum atomic E-state index is 2.79. The molecule has 2 fully saturated rings. The van der Waals surface area contributed by atoms with E-state index in [-0.39, 0.29) is 5.41 Å². The Hall–Kier alpha value is -2.64. The second-order valence-electron chi connectivity index (χ2n) is 14.9. The average Bonchev–Trinajstić information content (AvgIpc) is 3.49. The monoisotopic (exact) mass is 556 g/mol. The lowest BCUT2D eigenvalue weighted by atomic mass is 9.76. The van der Waals surface area contributed by atoms with Gasteiger partial charge in [0.05, 0.1) is 8.07 Å². The minimum absolute atomic E-state index is 0.167. The fourth-order valence-electron chi connectivity index (χ4n) is 10.4. The average molecular weight is 557 g/mol. The summed E-state index contributed by atoms with van der Waals surface area (Å²) in [6, 6.07) is 13.5. The molecule has 0 bridgehead atoms. The lowest BCUT2D eigenvalue weighted by Gasteiger charge is -2.51. The summed E-state index contributed by atoms with van der Waals surface area (Å²) < 4.78 is 0. The molecule has 41 heavy (non-hydrogen) atoms. The molecule has 6 aliphatic carbocycles. The van der Waals surface area contributed by atoms with E-state index < -0.39 is 8.07 Å². The molecule has 0 aromatic heterocycles. The molecule has 1 aromatic rings. The van der Waals surface area contributed by atoms with E-state index in [2.05, 4.69) is 150 Å². The van der Waals surface area contributed by atoms with Crippen LogP contribution in [0.25, 0.3) is 0 Å². The molecule has 0 heterocycles. The van der Waals surface area contributed by atoms with Crippen LogP contribution in [0.1, 0.15) is 41.0 Å². The molecular formula is C40H48Si. The first kappa shape index (κ1) is 27.2. The third kappa shape index (κ3) is 4.21. The number of hydrogen-bond acceptors (Lipinski definition) is 0. The van der Waals surface area contributed by atoms with Gasteiger partial charge in [0.1, 0.15) is 0 Å². The topological polar surface area (TPSA) is 0 Å². The molecule has 0 nitrogen and oxygen atoms in total. The van der Waals surface area contributed by atoms with Gasteiger partial charge in [0.15, 0.2) is 0 Å². The highest BCUT2D eigenvalue weighted by Gasteiger charge is 2.65. The Morgan fingerprint density at radius 3 is 1.71 bits per heavy atom. The molecule has 2 saturated carbocycles. The highest BCUT2D eigenvalue weighted by atomic mass is 28.3. The number of hydrogen-bond donors (Lipinski definition) is 0. The molecule has 0 N–H and O–H groups in total. The fourth-order valence-corrected chi connectivity index (χ4v) is 18.3. The van der Waals surface area contributed by atoms with Crippen LogP contribution in [0.15, 0.2) is 127 Å². The predicted molar refractivity (Wildman–Crippen MR) is 178 cm³/mol. The predicted octanol–water partition coefficient (Wildman–Crippen LogP) is 9.76. The molecule has 0 radical (unpaired) electrons. The first-order valence-corrected chi connectivity index (χ1v) is 18.7. The second kappa shape index (κ2) is 10.3. The molecule has 10 unspecified atom stereocenters. The van der Waals surface area contributed by atoms with Gasteiger partial charge in [0, 0.05) is 0 Å². The van der Waals surface area contributed by atoms with Crippen molar-refractivity contribution >= 4 is 13.3 Å². The van der Waals surface area contributed by atoms with Gasteiger partial charge in [-0.2, -0.15) is 0 Å². The number of rotatable bonds is 5. The van der Waals surface area contributed by atoms with Crippen molar-refractivity contribution in [2.24, 2.45) is 52.8 Å². The Morgan fingerprint density at radius 1 is 0.610 bits per heavy atom. The molecule has 1 heteroatoms. The van der Waals surface area contributed by atoms with Crippen LogP contribution < -0.4 is 5.19 Å². The van der Waals surface area contributed by atoms with Crippen molar-refractivity contribution < 1.29 is 0 Å². The summed E-state index contributed by atoms with van der Waals surface area (Å²) in [7, 11) is -2.18. The zero-order valence-electron chi connectivity index (χ0n) is 25.7. The van der Waals surface area contributed by atoms with Gasteiger partial charge >= 0.3 is 0 Å². The standard InChI is InChI=1S/C40H48Si/c1-6-24-41(29-14-8-7-9-15-29,38-34-18-12-10-16-30(34)31-17-11-13-19-35(31)38)39-36-25-27(2)20-22-32(36)33-23-21-28(26-37(33)39)40(3,4)5/h7-23,25-26,30-39H,6,24H2,1-5H3. The van der Waals surface area contributed by atoms with Crippen molar-refractivity contribution in [3.63, 3.8) is 0 Å². The van der Waals surface area contributed by atoms with Gasteiger partial charge in [-0.3, -0.25) is 0 Å². The maximum absolute atomic E-state index is 2.79. The van der Waals surface area contributed by atoms with E-state index in [0.717, 1.165) is 0 Å². The van der Waals surface area contributed by atoms with Crippen molar-refractivity contribution in [3.8, 4) is 0 Å². The first-order valence-electron chi connectivity index (χ1n) is 16.4. The molecule has 0 aliphatic heterocycles. The number of allylic oxidation sites excluding steroid dienone is 16. The summed E-state index contributed by atoms with van der Waals surface area (Å²) in [6.07, 6.45) is 36.8. The summed E-state index contributed by atoms with van der Waals surface area (Å²) in [5.74, 6) is 4.88. The van der Waals surface area contributed by atoms with Crippen LogP contribution in [0.4, 0.5) is 0 Å². The Morgan fingerprint density at radius 2 is 1.12 bits per heavy atom. The molecule has 1 aromatic carbocycles. The normalized spacial score (nSPS) is 39.4. The fraction of sp³-hybridized carbons (Fsp3) is 0.450. The highest BCUT2D eigenvalue weighted by molar-refractivity contribution is 6.94. The van der Waals surface area contributed by atoms with E-state index in [1.807, 2.05) is 0 Å². The van der Waals surface area contributed by atoms with E-state index in [0.29, 0.717) is 58.4 Å². The summed E-state index contributed by atoms with van der Waals surface area (Å²) in [5, 5.41) is 1.72. The Labute approximate surface area is 250 Å². The molecule has 0 spiro atoms. The lowest BCUT2D eigenvalue weighted by molar-refractivity contribution is 0.441. The van der Waals surface area contributed by atoms with E-state index in [1.54, 1.807) is 10.8 Å². The Bertz CT molecular complexity index is 1370. The molecular weight excluding hydrogens is 509 g/mol. The molecule has 6 aliphatic rings. The van der Waals surface area contributed by atoms with Gasteiger partial charge in [-0.15, -0.1) is 0 Å². The number of benzene rings is 1. The van der Waals surface area contributed by atoms with Crippen molar-refractivity contribution in [2.45, 2.75) is 58.2 Å². The smallest absolute Gasteiger partial charge is 0.0808 e. The SMILES string of the molecule is CCC[Si](c1ccccc1)(C1C2C=CC=CC2C2C=CC=CC21)C1C2C=C(C)C=CC2C2C=CC(C(C)(C)C)=CC21. The maximum Gasteiger partial charge on any atom is 0.0952 e. The van der Waals surface area contributed by atoms with E-state index in [4.69, 9.17) is 0 Å². The first-order chi connectivity index (χ1) is 19.8. The van der Waals surface area contributed by atoms with E-state index in [9.17, 15) is 0 Å². The summed E-state index contributed by atoms with van der Waals surface area (Å²) in [6.45, 7) is 12.0. The van der Waals surface area contributed by atoms with E-state index >= 15 is 0 Å². The third-order valence-corrected chi connectivity index (χ3v) is 18.5. The Balaban J connectivity index is 1.50. The highest BCUT2D eigenvalue weighted by Crippen LogP contribution is 2.67. The van der Waals surface area contributed by atoms with E-state index in [1.165, 1.54) is 18.0 Å². The third-order valence-electron chi connectivity index (χ3n) is 11.8. The van der Waals surface area contributed by atoms with Crippen molar-refractivity contribution in [2.75, 3.05) is 0 Å². The second-order valence-corrected chi connectivity index (χ2v) is 19.4. The van der Waals surface area contributed by atoms with Crippen LogP contribution in [0.3, 0.4) is 0 Å². The Kier molecular flexibility index (Phi) is 6.81. The molecule has 0 saturated heterocycles. The molecule has 10 atom stereocenters. The summed E-state index contributed by atoms with van der Waals surface area (Å²) >= 11 is 0. The minimum atomic E-state index is -2.18. The molecule has 7 rings (SSSR count). The summed E-state index contributed by atoms with van der Waals surface area (Å²) in [4.78, 5) is 0. The molecule has 0 amide bonds. The van der Waals surface area contributed by atoms with Gasteiger partial charge in [-0.25, -0.2) is 0 Å². The lowest BCUT2D eigenvalue weighted by Crippen LogP contribution is -2.60. The van der Waals surface area contributed by atoms with Crippen LogP contribution in [0.2, 0.25) is 17.1 Å². The van der Waals surface area contributed by atoms with Crippen LogP contribution in [-0.4, -0.2) is 8.07 Å². The van der Waals surface area contributed by atoms with Crippen LogP contribution in [-0.2, 0) is 0 Å². The van der Waals surface area contributed by atoms with Crippen LogP contribution in [0, 0.1) is 52.8 Å². The zero-order valence-corrected chi connectivity index (χ0v) is 26.7. The van der Waals surface area contributed by atoms with Crippen LogP contribution >= 0.6 is 0 Å².